The number of amides is 1. The third-order valence-electron chi connectivity index (χ3n) is 5.58. The van der Waals surface area contributed by atoms with E-state index >= 15 is 0 Å². The van der Waals surface area contributed by atoms with E-state index in [0.29, 0.717) is 5.92 Å². The highest BCUT2D eigenvalue weighted by Gasteiger charge is 2.24. The summed E-state index contributed by atoms with van der Waals surface area (Å²) >= 11 is 1.86. The van der Waals surface area contributed by atoms with E-state index in [0.717, 1.165) is 45.6 Å². The Bertz CT molecular complexity index is 770. The quantitative estimate of drug-likeness (QED) is 0.749. The number of aryl methyl sites for hydroxylation is 1. The number of rotatable bonds is 6. The number of hydrogen-bond donors (Lipinski definition) is 2. The molecule has 2 fully saturated rings. The number of hydrogen-bond acceptors (Lipinski definition) is 5. The van der Waals surface area contributed by atoms with Crippen molar-refractivity contribution in [3.8, 4) is 10.4 Å². The van der Waals surface area contributed by atoms with E-state index < -0.39 is 0 Å². The number of nitrogens with one attached hydrogen (secondary N) is 2. The number of carbonyl (C=O) groups is 1. The largest absolute Gasteiger partial charge is 0.354 e. The molecule has 1 amide bonds. The summed E-state index contributed by atoms with van der Waals surface area (Å²) in [4.78, 5) is 17.4. The Morgan fingerprint density at radius 3 is 3.00 bits per heavy atom. The van der Waals surface area contributed by atoms with Crippen LogP contribution < -0.4 is 10.6 Å². The second kappa shape index (κ2) is 9.87. The number of likely N-dealkylation sites (tertiary alicyclic amines) is 1. The lowest BCUT2D eigenvalue weighted by Crippen LogP contribution is -2.45. The van der Waals surface area contributed by atoms with E-state index in [1.54, 1.807) is 0 Å². The van der Waals surface area contributed by atoms with E-state index in [9.17, 15) is 4.79 Å². The molecule has 154 valence electrons. The molecule has 0 spiro atoms. The molecule has 2 aliphatic rings. The standard InChI is InChI=1S/C20H29N5OS.ClH/c1-24-13-16(11-23-24)19-7-6-17(27-19)14-25-9-3-4-15(12-25)10-22-20(26)18-5-2-8-21-18;/h6-7,11,13,15,18,21H,2-5,8-10,12,14H2,1H3,(H,22,26);1H. The van der Waals surface area contributed by atoms with Gasteiger partial charge in [0.15, 0.2) is 0 Å². The fourth-order valence-corrected chi connectivity index (χ4v) is 5.15. The molecule has 8 heteroatoms. The number of piperidine rings is 1. The highest BCUT2D eigenvalue weighted by atomic mass is 35.5. The van der Waals surface area contributed by atoms with E-state index in [4.69, 9.17) is 0 Å². The van der Waals surface area contributed by atoms with E-state index in [-0.39, 0.29) is 24.4 Å². The van der Waals surface area contributed by atoms with E-state index in [1.807, 2.05) is 29.3 Å². The van der Waals surface area contributed by atoms with E-state index in [2.05, 4.69) is 39.0 Å². The summed E-state index contributed by atoms with van der Waals surface area (Å²) < 4.78 is 1.85. The van der Waals surface area contributed by atoms with Gasteiger partial charge in [0, 0.05) is 48.2 Å². The van der Waals surface area contributed by atoms with Crippen molar-refractivity contribution in [1.82, 2.24) is 25.3 Å². The molecular formula is C20H30ClN5OS. The molecule has 2 aromatic heterocycles. The van der Waals surface area contributed by atoms with Gasteiger partial charge in [-0.05, 0) is 56.8 Å². The van der Waals surface area contributed by atoms with Crippen molar-refractivity contribution in [3.63, 3.8) is 0 Å². The maximum Gasteiger partial charge on any atom is 0.237 e. The van der Waals surface area contributed by atoms with Crippen LogP contribution in [0.15, 0.2) is 24.5 Å². The van der Waals surface area contributed by atoms with Gasteiger partial charge in [0.25, 0.3) is 0 Å². The molecule has 2 aliphatic heterocycles. The lowest BCUT2D eigenvalue weighted by molar-refractivity contribution is -0.123. The van der Waals surface area contributed by atoms with Crippen LogP contribution in [0.5, 0.6) is 0 Å². The number of carbonyl (C=O) groups excluding carboxylic acids is 1. The van der Waals surface area contributed by atoms with Crippen molar-refractivity contribution in [2.24, 2.45) is 13.0 Å². The first kappa shape index (κ1) is 21.3. The van der Waals surface area contributed by atoms with Crippen LogP contribution in [0.3, 0.4) is 0 Å². The Morgan fingerprint density at radius 1 is 1.36 bits per heavy atom. The summed E-state index contributed by atoms with van der Waals surface area (Å²) in [6.07, 6.45) is 8.49. The maximum absolute atomic E-state index is 12.2. The molecule has 4 rings (SSSR count). The lowest BCUT2D eigenvalue weighted by atomic mass is 9.97. The molecule has 0 saturated carbocycles. The van der Waals surface area contributed by atoms with Gasteiger partial charge >= 0.3 is 0 Å². The molecule has 0 radical (unpaired) electrons. The zero-order valence-corrected chi connectivity index (χ0v) is 18.0. The molecule has 28 heavy (non-hydrogen) atoms. The maximum atomic E-state index is 12.2. The number of halogens is 1. The highest BCUT2D eigenvalue weighted by molar-refractivity contribution is 7.15. The van der Waals surface area contributed by atoms with Crippen LogP contribution in [-0.2, 0) is 18.4 Å². The predicted octanol–water partition coefficient (Wildman–Crippen LogP) is 2.65. The summed E-state index contributed by atoms with van der Waals surface area (Å²) in [5.74, 6) is 0.742. The van der Waals surface area contributed by atoms with Gasteiger partial charge in [-0.3, -0.25) is 14.4 Å². The molecule has 2 N–H and O–H groups in total. The van der Waals surface area contributed by atoms with E-state index in [1.165, 1.54) is 28.2 Å². The van der Waals surface area contributed by atoms with Gasteiger partial charge < -0.3 is 10.6 Å². The van der Waals surface area contributed by atoms with Crippen LogP contribution in [0.1, 0.15) is 30.6 Å². The molecule has 4 heterocycles. The first-order chi connectivity index (χ1) is 13.2. The van der Waals surface area contributed by atoms with Gasteiger partial charge in [-0.2, -0.15) is 5.10 Å². The van der Waals surface area contributed by atoms with Crippen LogP contribution in [0.25, 0.3) is 10.4 Å². The summed E-state index contributed by atoms with van der Waals surface area (Å²) in [5.41, 5.74) is 1.19. The second-order valence-electron chi connectivity index (χ2n) is 7.81. The average Bonchev–Trinajstić information content (AvgIpc) is 3.41. The molecule has 0 bridgehead atoms. The summed E-state index contributed by atoms with van der Waals surface area (Å²) in [6.45, 7) is 4.99. The van der Waals surface area contributed by atoms with Crippen molar-refractivity contribution in [1.29, 1.82) is 0 Å². The van der Waals surface area contributed by atoms with Gasteiger partial charge in [-0.1, -0.05) is 0 Å². The monoisotopic (exact) mass is 423 g/mol. The molecule has 2 saturated heterocycles. The first-order valence-corrected chi connectivity index (χ1v) is 10.8. The molecule has 2 atom stereocenters. The van der Waals surface area contributed by atoms with Crippen molar-refractivity contribution < 1.29 is 4.79 Å². The minimum atomic E-state index is 0. The lowest BCUT2D eigenvalue weighted by Gasteiger charge is -2.32. The first-order valence-electron chi connectivity index (χ1n) is 9.98. The topological polar surface area (TPSA) is 62.2 Å². The molecular weight excluding hydrogens is 394 g/mol. The Labute approximate surface area is 177 Å². The van der Waals surface area contributed by atoms with Crippen LogP contribution in [-0.4, -0.2) is 52.8 Å². The van der Waals surface area contributed by atoms with Gasteiger partial charge in [-0.25, -0.2) is 0 Å². The zero-order chi connectivity index (χ0) is 18.6. The summed E-state index contributed by atoms with van der Waals surface area (Å²) in [6, 6.07) is 4.47. The van der Waals surface area contributed by atoms with Crippen molar-refractivity contribution in [2.45, 2.75) is 38.3 Å². The van der Waals surface area contributed by atoms with Crippen molar-refractivity contribution in [3.05, 3.63) is 29.4 Å². The normalized spacial score (nSPS) is 22.8. The van der Waals surface area contributed by atoms with Crippen LogP contribution >= 0.6 is 23.7 Å². The molecule has 2 unspecified atom stereocenters. The third kappa shape index (κ3) is 5.35. The van der Waals surface area contributed by atoms with Gasteiger partial charge in [0.05, 0.1) is 12.2 Å². The van der Waals surface area contributed by atoms with Crippen LogP contribution in [0.2, 0.25) is 0 Å². The SMILES string of the molecule is Cl.Cn1cc(-c2ccc(CN3CCCC(CNC(=O)C4CCCN4)C3)s2)cn1. The Hall–Kier alpha value is -1.41. The molecule has 6 nitrogen and oxygen atoms in total. The fourth-order valence-electron chi connectivity index (χ4n) is 4.12. The van der Waals surface area contributed by atoms with Crippen molar-refractivity contribution in [2.75, 3.05) is 26.2 Å². The zero-order valence-electron chi connectivity index (χ0n) is 16.4. The summed E-state index contributed by atoms with van der Waals surface area (Å²) in [7, 11) is 1.95. The second-order valence-corrected chi connectivity index (χ2v) is 8.97. The van der Waals surface area contributed by atoms with Crippen LogP contribution in [0.4, 0.5) is 0 Å². The van der Waals surface area contributed by atoms with Gasteiger partial charge in [0.2, 0.25) is 5.91 Å². The molecule has 0 aliphatic carbocycles. The number of nitrogens with zero attached hydrogens (tertiary/aromatic N) is 3. The van der Waals surface area contributed by atoms with Gasteiger partial charge in [-0.15, -0.1) is 23.7 Å². The average molecular weight is 424 g/mol. The minimum absolute atomic E-state index is 0. The van der Waals surface area contributed by atoms with Crippen molar-refractivity contribution >= 4 is 29.7 Å². The predicted molar refractivity (Wildman–Crippen MR) is 116 cm³/mol. The Balaban J connectivity index is 0.00000225. The van der Waals surface area contributed by atoms with Gasteiger partial charge in [0.1, 0.15) is 0 Å². The third-order valence-corrected chi connectivity index (χ3v) is 6.69. The summed E-state index contributed by atoms with van der Waals surface area (Å²) in [5, 5.41) is 10.7. The number of aromatic nitrogens is 2. The number of thiophene rings is 1. The fraction of sp³-hybridized carbons (Fsp3) is 0.600. The molecule has 0 aromatic carbocycles. The Kier molecular flexibility index (Phi) is 7.51. The Morgan fingerprint density at radius 2 is 2.25 bits per heavy atom. The highest BCUT2D eigenvalue weighted by Crippen LogP contribution is 2.29. The van der Waals surface area contributed by atoms with Crippen LogP contribution in [0, 0.1) is 5.92 Å². The smallest absolute Gasteiger partial charge is 0.237 e. The minimum Gasteiger partial charge on any atom is -0.354 e. The molecule has 2 aromatic rings.